The Hall–Kier alpha value is -4.18. The molecule has 9 nitrogen and oxygen atoms in total. The van der Waals surface area contributed by atoms with Crippen LogP contribution in [0.2, 0.25) is 0 Å². The third-order valence-electron chi connectivity index (χ3n) is 5.02. The summed E-state index contributed by atoms with van der Waals surface area (Å²) < 4.78 is 1.93. The molecule has 0 saturated carbocycles. The van der Waals surface area contributed by atoms with Gasteiger partial charge in [-0.1, -0.05) is 42.1 Å². The number of anilines is 1. The molecule has 4 aromatic rings. The summed E-state index contributed by atoms with van der Waals surface area (Å²) in [6.07, 6.45) is 0. The molecule has 0 fully saturated rings. The number of hydrogen-bond acceptors (Lipinski definition) is 7. The number of carbonyl (C=O) groups is 1. The first kappa shape index (κ1) is 23.0. The summed E-state index contributed by atoms with van der Waals surface area (Å²) >= 11 is 1.26. The van der Waals surface area contributed by atoms with Crippen molar-refractivity contribution in [3.63, 3.8) is 0 Å². The number of nitrogens with one attached hydrogen (secondary N) is 1. The molecule has 34 heavy (non-hydrogen) atoms. The molecule has 0 radical (unpaired) electrons. The largest absolute Gasteiger partial charge is 0.508 e. The number of aromatic nitrogens is 3. The number of nitrogens with zero attached hydrogens (tertiary/aromatic N) is 4. The Labute approximate surface area is 199 Å². The van der Waals surface area contributed by atoms with Crippen LogP contribution < -0.4 is 5.32 Å². The summed E-state index contributed by atoms with van der Waals surface area (Å²) in [5, 5.41) is 32.0. The molecule has 0 aliphatic heterocycles. The first-order valence-electron chi connectivity index (χ1n) is 10.4. The number of amides is 1. The van der Waals surface area contributed by atoms with Gasteiger partial charge in [0.15, 0.2) is 11.0 Å². The number of nitro benzene ring substituents is 1. The van der Waals surface area contributed by atoms with E-state index >= 15 is 0 Å². The summed E-state index contributed by atoms with van der Waals surface area (Å²) in [5.41, 5.74) is 2.26. The number of hydrogen-bond donors (Lipinski definition) is 2. The van der Waals surface area contributed by atoms with E-state index in [1.807, 2.05) is 34.9 Å². The Balaban J connectivity index is 1.55. The van der Waals surface area contributed by atoms with Crippen LogP contribution in [0.25, 0.3) is 11.4 Å². The molecule has 0 saturated heterocycles. The Kier molecular flexibility index (Phi) is 6.88. The van der Waals surface area contributed by atoms with Crippen LogP contribution in [0.3, 0.4) is 0 Å². The lowest BCUT2D eigenvalue weighted by Crippen LogP contribution is -2.23. The Morgan fingerprint density at radius 3 is 2.38 bits per heavy atom. The van der Waals surface area contributed by atoms with Crippen LogP contribution in [-0.4, -0.2) is 36.0 Å². The van der Waals surface area contributed by atoms with Gasteiger partial charge in [-0.05, 0) is 48.9 Å². The van der Waals surface area contributed by atoms with Gasteiger partial charge in [-0.3, -0.25) is 19.5 Å². The molecule has 0 aliphatic rings. The maximum Gasteiger partial charge on any atom is 0.269 e. The number of non-ortho nitro benzene ring substituents is 1. The molecule has 4 rings (SSSR count). The van der Waals surface area contributed by atoms with Crippen LogP contribution in [-0.2, 0) is 11.3 Å². The lowest BCUT2D eigenvalue weighted by atomic mass is 10.2. The number of aromatic hydroxyl groups is 1. The van der Waals surface area contributed by atoms with Gasteiger partial charge >= 0.3 is 0 Å². The van der Waals surface area contributed by atoms with Crippen molar-refractivity contribution in [2.75, 3.05) is 5.32 Å². The second kappa shape index (κ2) is 10.2. The second-order valence-corrected chi connectivity index (χ2v) is 8.79. The minimum Gasteiger partial charge on any atom is -0.508 e. The van der Waals surface area contributed by atoms with Crippen LogP contribution in [0.1, 0.15) is 12.5 Å². The highest BCUT2D eigenvalue weighted by Gasteiger charge is 2.21. The Bertz CT molecular complexity index is 1290. The highest BCUT2D eigenvalue weighted by atomic mass is 32.2. The molecular formula is C24H21N5O4S. The molecule has 1 atom stereocenters. The topological polar surface area (TPSA) is 123 Å². The minimum absolute atomic E-state index is 0.0452. The SMILES string of the molecule is CC(Sc1nnc(-c2ccc(O)cc2)n1Cc1ccccc1)C(=O)Nc1ccc([N+](=O)[O-])cc1. The molecule has 1 amide bonds. The fourth-order valence-corrected chi connectivity index (χ4v) is 4.08. The average Bonchev–Trinajstić information content (AvgIpc) is 3.22. The van der Waals surface area contributed by atoms with Crippen molar-refractivity contribution in [2.45, 2.75) is 23.9 Å². The van der Waals surface area contributed by atoms with Gasteiger partial charge in [-0.25, -0.2) is 0 Å². The molecular weight excluding hydrogens is 454 g/mol. The monoisotopic (exact) mass is 475 g/mol. The number of rotatable bonds is 8. The zero-order valence-corrected chi connectivity index (χ0v) is 19.0. The zero-order valence-electron chi connectivity index (χ0n) is 18.2. The van der Waals surface area contributed by atoms with E-state index in [0.717, 1.165) is 11.1 Å². The van der Waals surface area contributed by atoms with Crippen molar-refractivity contribution in [2.24, 2.45) is 0 Å². The standard InChI is InChI=1S/C24H21N5O4S/c1-16(23(31)25-19-9-11-20(12-10-19)29(32)33)34-24-27-26-22(18-7-13-21(30)14-8-18)28(24)15-17-5-3-2-4-6-17/h2-14,16,30H,15H2,1H3,(H,25,31). The fourth-order valence-electron chi connectivity index (χ4n) is 3.23. The van der Waals surface area contributed by atoms with Crippen molar-refractivity contribution < 1.29 is 14.8 Å². The minimum atomic E-state index is -0.512. The molecule has 1 unspecified atom stereocenters. The van der Waals surface area contributed by atoms with E-state index in [1.165, 1.54) is 36.0 Å². The number of benzene rings is 3. The fraction of sp³-hybridized carbons (Fsp3) is 0.125. The van der Waals surface area contributed by atoms with Crippen LogP contribution in [0.5, 0.6) is 5.75 Å². The Morgan fingerprint density at radius 2 is 1.74 bits per heavy atom. The van der Waals surface area contributed by atoms with E-state index in [4.69, 9.17) is 0 Å². The third-order valence-corrected chi connectivity index (χ3v) is 6.10. The number of phenolic OH excluding ortho intramolecular Hbond substituents is 1. The van der Waals surface area contributed by atoms with Gasteiger partial charge < -0.3 is 10.4 Å². The number of nitro groups is 1. The van der Waals surface area contributed by atoms with Gasteiger partial charge in [-0.15, -0.1) is 10.2 Å². The lowest BCUT2D eigenvalue weighted by Gasteiger charge is -2.14. The van der Waals surface area contributed by atoms with Crippen molar-refractivity contribution in [3.8, 4) is 17.1 Å². The molecule has 1 aromatic heterocycles. The molecule has 2 N–H and O–H groups in total. The van der Waals surface area contributed by atoms with E-state index in [9.17, 15) is 20.0 Å². The van der Waals surface area contributed by atoms with E-state index in [2.05, 4.69) is 15.5 Å². The van der Waals surface area contributed by atoms with Gasteiger partial charge in [0.05, 0.1) is 16.7 Å². The predicted octanol–water partition coefficient (Wildman–Crippen LogP) is 4.73. The highest BCUT2D eigenvalue weighted by molar-refractivity contribution is 8.00. The van der Waals surface area contributed by atoms with E-state index in [0.29, 0.717) is 23.2 Å². The molecule has 1 heterocycles. The molecule has 0 bridgehead atoms. The first-order valence-corrected chi connectivity index (χ1v) is 11.3. The van der Waals surface area contributed by atoms with Crippen molar-refractivity contribution in [3.05, 3.63) is 94.5 Å². The van der Waals surface area contributed by atoms with Crippen LogP contribution in [0.4, 0.5) is 11.4 Å². The number of phenols is 1. The highest BCUT2D eigenvalue weighted by Crippen LogP contribution is 2.29. The van der Waals surface area contributed by atoms with E-state index in [-0.39, 0.29) is 17.3 Å². The van der Waals surface area contributed by atoms with Crippen LogP contribution in [0.15, 0.2) is 84.0 Å². The molecule has 3 aromatic carbocycles. The maximum absolute atomic E-state index is 12.8. The van der Waals surface area contributed by atoms with Crippen LogP contribution in [0, 0.1) is 10.1 Å². The molecule has 10 heteroatoms. The van der Waals surface area contributed by atoms with Crippen molar-refractivity contribution in [1.82, 2.24) is 14.8 Å². The predicted molar refractivity (Wildman–Crippen MR) is 130 cm³/mol. The average molecular weight is 476 g/mol. The van der Waals surface area contributed by atoms with Crippen molar-refractivity contribution >= 4 is 29.0 Å². The number of carbonyl (C=O) groups excluding carboxylic acids is 1. The van der Waals surface area contributed by atoms with Gasteiger partial charge in [0.2, 0.25) is 5.91 Å². The van der Waals surface area contributed by atoms with E-state index < -0.39 is 10.2 Å². The molecule has 0 aliphatic carbocycles. The number of thioether (sulfide) groups is 1. The van der Waals surface area contributed by atoms with Gasteiger partial charge in [0.1, 0.15) is 5.75 Å². The molecule has 0 spiro atoms. The second-order valence-electron chi connectivity index (χ2n) is 7.48. The van der Waals surface area contributed by atoms with Gasteiger partial charge in [0.25, 0.3) is 5.69 Å². The molecule has 172 valence electrons. The lowest BCUT2D eigenvalue weighted by molar-refractivity contribution is -0.384. The summed E-state index contributed by atoms with van der Waals surface area (Å²) in [4.78, 5) is 23.1. The van der Waals surface area contributed by atoms with E-state index in [1.54, 1.807) is 31.2 Å². The van der Waals surface area contributed by atoms with Crippen molar-refractivity contribution in [1.29, 1.82) is 0 Å². The summed E-state index contributed by atoms with van der Waals surface area (Å²) in [6, 6.07) is 22.2. The van der Waals surface area contributed by atoms with Crippen LogP contribution >= 0.6 is 11.8 Å². The maximum atomic E-state index is 12.8. The summed E-state index contributed by atoms with van der Waals surface area (Å²) in [5.74, 6) is 0.512. The van der Waals surface area contributed by atoms with Gasteiger partial charge in [0, 0.05) is 23.4 Å². The zero-order chi connectivity index (χ0) is 24.1. The summed E-state index contributed by atoms with van der Waals surface area (Å²) in [6.45, 7) is 2.26. The quantitative estimate of drug-likeness (QED) is 0.215. The summed E-state index contributed by atoms with van der Waals surface area (Å²) in [7, 11) is 0. The normalized spacial score (nSPS) is 11.7. The van der Waals surface area contributed by atoms with Gasteiger partial charge in [-0.2, -0.15) is 0 Å². The first-order chi connectivity index (χ1) is 16.4. The Morgan fingerprint density at radius 1 is 1.06 bits per heavy atom. The smallest absolute Gasteiger partial charge is 0.269 e. The third kappa shape index (κ3) is 5.41.